The van der Waals surface area contributed by atoms with Gasteiger partial charge < -0.3 is 16.4 Å². The van der Waals surface area contributed by atoms with Crippen LogP contribution in [0.1, 0.15) is 19.4 Å². The van der Waals surface area contributed by atoms with Crippen LogP contribution < -0.4 is 16.4 Å². The van der Waals surface area contributed by atoms with Crippen LogP contribution in [-0.2, 0) is 0 Å². The van der Waals surface area contributed by atoms with E-state index in [1.807, 2.05) is 13.0 Å². The summed E-state index contributed by atoms with van der Waals surface area (Å²) < 4.78 is 0. The zero-order chi connectivity index (χ0) is 13.9. The summed E-state index contributed by atoms with van der Waals surface area (Å²) in [5.41, 5.74) is 6.34. The Kier molecular flexibility index (Phi) is 4.53. The smallest absolute Gasteiger partial charge is 0.319 e. The highest BCUT2D eigenvalue weighted by molar-refractivity contribution is 7.80. The molecular formula is C12H16ClN3OS. The third-order valence-electron chi connectivity index (χ3n) is 2.47. The number of hydrogen-bond donors (Lipinski definition) is 3. The number of nitrogens with two attached hydrogens (primary N) is 1. The largest absolute Gasteiger partial charge is 0.391 e. The topological polar surface area (TPSA) is 67.2 Å². The van der Waals surface area contributed by atoms with Gasteiger partial charge in [-0.05, 0) is 38.5 Å². The maximum atomic E-state index is 11.7. The van der Waals surface area contributed by atoms with Crippen molar-refractivity contribution in [3.05, 3.63) is 28.8 Å². The van der Waals surface area contributed by atoms with Gasteiger partial charge in [0, 0.05) is 10.7 Å². The van der Waals surface area contributed by atoms with Crippen molar-refractivity contribution in [2.45, 2.75) is 26.3 Å². The van der Waals surface area contributed by atoms with E-state index in [9.17, 15) is 4.79 Å². The molecule has 0 radical (unpaired) electrons. The molecule has 4 nitrogen and oxygen atoms in total. The van der Waals surface area contributed by atoms with Gasteiger partial charge in [0.25, 0.3) is 0 Å². The van der Waals surface area contributed by atoms with Crippen LogP contribution in [0.15, 0.2) is 18.2 Å². The van der Waals surface area contributed by atoms with Crippen molar-refractivity contribution in [3.63, 3.8) is 0 Å². The van der Waals surface area contributed by atoms with E-state index in [0.717, 1.165) is 5.56 Å². The third-order valence-corrected chi connectivity index (χ3v) is 3.39. The summed E-state index contributed by atoms with van der Waals surface area (Å²) in [6, 6.07) is 4.91. The minimum Gasteiger partial charge on any atom is -0.391 e. The Morgan fingerprint density at radius 1 is 1.44 bits per heavy atom. The molecule has 0 bridgehead atoms. The van der Waals surface area contributed by atoms with Gasteiger partial charge in [0.05, 0.1) is 10.5 Å². The van der Waals surface area contributed by atoms with Crippen molar-refractivity contribution in [3.8, 4) is 0 Å². The Bertz CT molecular complexity index is 488. The van der Waals surface area contributed by atoms with E-state index in [1.165, 1.54) is 0 Å². The first kappa shape index (κ1) is 14.7. The summed E-state index contributed by atoms with van der Waals surface area (Å²) in [7, 11) is 0. The van der Waals surface area contributed by atoms with E-state index in [2.05, 4.69) is 10.6 Å². The number of rotatable bonds is 3. The lowest BCUT2D eigenvalue weighted by atomic mass is 10.1. The van der Waals surface area contributed by atoms with Gasteiger partial charge in [-0.2, -0.15) is 0 Å². The Labute approximate surface area is 117 Å². The Balaban J connectivity index is 2.71. The fourth-order valence-corrected chi connectivity index (χ4v) is 1.41. The molecule has 0 saturated heterocycles. The van der Waals surface area contributed by atoms with Crippen LogP contribution in [0.2, 0.25) is 5.02 Å². The standard InChI is InChI=1S/C12H16ClN3OS/c1-7-4-5-8(6-9(7)13)15-11(17)16-12(2,3)10(14)18/h4-6H,1-3H3,(H2,14,18)(H2,15,16,17). The molecule has 1 aromatic carbocycles. The number of halogens is 1. The molecule has 18 heavy (non-hydrogen) atoms. The molecule has 0 aromatic heterocycles. The number of aryl methyl sites for hydroxylation is 1. The second kappa shape index (κ2) is 5.54. The number of anilines is 1. The summed E-state index contributed by atoms with van der Waals surface area (Å²) in [6.45, 7) is 5.36. The fourth-order valence-electron chi connectivity index (χ4n) is 1.18. The monoisotopic (exact) mass is 285 g/mol. The summed E-state index contributed by atoms with van der Waals surface area (Å²) >= 11 is 10.8. The van der Waals surface area contributed by atoms with Gasteiger partial charge in [-0.1, -0.05) is 29.9 Å². The molecule has 98 valence electrons. The number of carbonyl (C=O) groups is 1. The molecule has 0 atom stereocenters. The summed E-state index contributed by atoms with van der Waals surface area (Å²) in [5.74, 6) is 0. The van der Waals surface area contributed by atoms with Crippen molar-refractivity contribution in [2.24, 2.45) is 5.73 Å². The quantitative estimate of drug-likeness (QED) is 0.748. The van der Waals surface area contributed by atoms with Crippen molar-refractivity contribution < 1.29 is 4.79 Å². The average Bonchev–Trinajstić information content (AvgIpc) is 2.22. The summed E-state index contributed by atoms with van der Waals surface area (Å²) in [6.07, 6.45) is 0. The number of thiocarbonyl (C=S) groups is 1. The molecule has 0 aliphatic rings. The predicted octanol–water partition coefficient (Wildman–Crippen LogP) is 2.83. The van der Waals surface area contributed by atoms with Crippen LogP contribution in [0.5, 0.6) is 0 Å². The zero-order valence-electron chi connectivity index (χ0n) is 10.5. The Morgan fingerprint density at radius 2 is 2.06 bits per heavy atom. The molecule has 4 N–H and O–H groups in total. The van der Waals surface area contributed by atoms with Crippen molar-refractivity contribution >= 4 is 40.5 Å². The number of benzene rings is 1. The lowest BCUT2D eigenvalue weighted by Gasteiger charge is -2.24. The number of nitrogens with one attached hydrogen (secondary N) is 2. The van der Waals surface area contributed by atoms with Crippen LogP contribution in [0, 0.1) is 6.92 Å². The van der Waals surface area contributed by atoms with Crippen molar-refractivity contribution in [2.75, 3.05) is 5.32 Å². The first-order valence-electron chi connectivity index (χ1n) is 5.37. The highest BCUT2D eigenvalue weighted by Gasteiger charge is 2.23. The zero-order valence-corrected chi connectivity index (χ0v) is 12.1. The normalized spacial score (nSPS) is 10.9. The van der Waals surface area contributed by atoms with Gasteiger partial charge in [-0.25, -0.2) is 4.79 Å². The maximum absolute atomic E-state index is 11.7. The predicted molar refractivity (Wildman–Crippen MR) is 79.2 cm³/mol. The van der Waals surface area contributed by atoms with E-state index in [-0.39, 0.29) is 11.0 Å². The summed E-state index contributed by atoms with van der Waals surface area (Å²) in [5, 5.41) is 5.95. The minimum atomic E-state index is -0.742. The first-order chi connectivity index (χ1) is 8.22. The number of amides is 2. The number of carbonyl (C=O) groups excluding carboxylic acids is 1. The van der Waals surface area contributed by atoms with Crippen molar-refractivity contribution in [1.29, 1.82) is 0 Å². The molecule has 0 aliphatic carbocycles. The van der Waals surface area contributed by atoms with Crippen LogP contribution in [0.4, 0.5) is 10.5 Å². The molecule has 2 amide bonds. The molecule has 0 saturated carbocycles. The molecule has 0 heterocycles. The molecule has 6 heteroatoms. The number of urea groups is 1. The molecule has 0 fully saturated rings. The van der Waals surface area contributed by atoms with Crippen molar-refractivity contribution in [1.82, 2.24) is 5.32 Å². The molecule has 0 unspecified atom stereocenters. The third kappa shape index (κ3) is 3.85. The van der Waals surface area contributed by atoms with E-state index < -0.39 is 5.54 Å². The molecule has 1 aromatic rings. The summed E-state index contributed by atoms with van der Waals surface area (Å²) in [4.78, 5) is 12.0. The Hall–Kier alpha value is -1.33. The molecule has 0 aliphatic heterocycles. The SMILES string of the molecule is Cc1ccc(NC(=O)NC(C)(C)C(N)=S)cc1Cl. The maximum Gasteiger partial charge on any atom is 0.319 e. The van der Waals surface area contributed by atoms with Crippen LogP contribution in [0.3, 0.4) is 0 Å². The minimum absolute atomic E-state index is 0.222. The van der Waals surface area contributed by atoms with Gasteiger partial charge in [-0.3, -0.25) is 0 Å². The highest BCUT2D eigenvalue weighted by Crippen LogP contribution is 2.19. The van der Waals surface area contributed by atoms with E-state index in [4.69, 9.17) is 29.6 Å². The van der Waals surface area contributed by atoms with Gasteiger partial charge >= 0.3 is 6.03 Å². The second-order valence-corrected chi connectivity index (χ2v) is 5.38. The lowest BCUT2D eigenvalue weighted by molar-refractivity contribution is 0.247. The van der Waals surface area contributed by atoms with Gasteiger partial charge in [0.2, 0.25) is 0 Å². The molecule has 0 spiro atoms. The van der Waals surface area contributed by atoms with Gasteiger partial charge in [-0.15, -0.1) is 0 Å². The van der Waals surface area contributed by atoms with E-state index in [1.54, 1.807) is 26.0 Å². The van der Waals surface area contributed by atoms with Crippen LogP contribution in [0.25, 0.3) is 0 Å². The molecule has 1 rings (SSSR count). The highest BCUT2D eigenvalue weighted by atomic mass is 35.5. The Morgan fingerprint density at radius 3 is 2.56 bits per heavy atom. The average molecular weight is 286 g/mol. The van der Waals surface area contributed by atoms with Gasteiger partial charge in [0.15, 0.2) is 0 Å². The fraction of sp³-hybridized carbons (Fsp3) is 0.333. The van der Waals surface area contributed by atoms with Crippen LogP contribution in [-0.4, -0.2) is 16.6 Å². The van der Waals surface area contributed by atoms with E-state index >= 15 is 0 Å². The molecular weight excluding hydrogens is 270 g/mol. The van der Waals surface area contributed by atoms with Gasteiger partial charge in [0.1, 0.15) is 0 Å². The second-order valence-electron chi connectivity index (χ2n) is 4.53. The lowest BCUT2D eigenvalue weighted by Crippen LogP contribution is -2.53. The first-order valence-corrected chi connectivity index (χ1v) is 6.16. The van der Waals surface area contributed by atoms with E-state index in [0.29, 0.717) is 10.7 Å². The number of hydrogen-bond acceptors (Lipinski definition) is 2. The van der Waals surface area contributed by atoms with Crippen LogP contribution >= 0.6 is 23.8 Å².